The van der Waals surface area contributed by atoms with Crippen molar-refractivity contribution in [3.63, 3.8) is 0 Å². The van der Waals surface area contributed by atoms with E-state index in [1.54, 1.807) is 31.6 Å². The third kappa shape index (κ3) is 3.26. The Balaban J connectivity index is 1.83. The number of nitrogens with zero attached hydrogens (tertiary/aromatic N) is 1. The highest BCUT2D eigenvalue weighted by Crippen LogP contribution is 2.32. The lowest BCUT2D eigenvalue weighted by molar-refractivity contribution is 0.0952. The van der Waals surface area contributed by atoms with E-state index in [2.05, 4.69) is 15.5 Å². The van der Waals surface area contributed by atoms with Crippen molar-refractivity contribution in [3.8, 4) is 22.8 Å². The van der Waals surface area contributed by atoms with E-state index in [1.165, 1.54) is 6.20 Å². The second-order valence-corrected chi connectivity index (χ2v) is 6.02. The van der Waals surface area contributed by atoms with Crippen LogP contribution in [-0.2, 0) is 6.54 Å². The number of amides is 1. The molecule has 7 heteroatoms. The third-order valence-corrected chi connectivity index (χ3v) is 4.44. The molecule has 2 N–H and O–H groups in total. The Morgan fingerprint density at radius 3 is 2.79 bits per heavy atom. The van der Waals surface area contributed by atoms with Gasteiger partial charge in [-0.1, -0.05) is 6.07 Å². The molecule has 0 spiro atoms. The number of thiophene rings is 1. The number of carbonyl (C=O) groups is 1. The third-order valence-electron chi connectivity index (χ3n) is 3.56. The van der Waals surface area contributed by atoms with E-state index < -0.39 is 0 Å². The van der Waals surface area contributed by atoms with Crippen molar-refractivity contribution in [1.29, 1.82) is 0 Å². The number of benzene rings is 1. The zero-order valence-electron chi connectivity index (χ0n) is 13.3. The second kappa shape index (κ2) is 7.18. The molecule has 0 saturated carbocycles. The Hall–Kier alpha value is -2.80. The molecule has 124 valence electrons. The molecule has 0 bridgehead atoms. The number of nitrogens with one attached hydrogen (secondary N) is 2. The van der Waals surface area contributed by atoms with Crippen LogP contribution in [0.4, 0.5) is 0 Å². The number of aromatic nitrogens is 2. The van der Waals surface area contributed by atoms with Crippen LogP contribution in [0.25, 0.3) is 11.3 Å². The second-order valence-electron chi connectivity index (χ2n) is 4.99. The van der Waals surface area contributed by atoms with Crippen LogP contribution in [0.5, 0.6) is 11.5 Å². The normalized spacial score (nSPS) is 10.4. The zero-order chi connectivity index (χ0) is 16.9. The number of hydrogen-bond acceptors (Lipinski definition) is 5. The summed E-state index contributed by atoms with van der Waals surface area (Å²) in [6, 6.07) is 9.39. The van der Waals surface area contributed by atoms with Gasteiger partial charge in [-0.15, -0.1) is 11.3 Å². The highest BCUT2D eigenvalue weighted by Gasteiger charge is 2.16. The van der Waals surface area contributed by atoms with Gasteiger partial charge in [0.2, 0.25) is 0 Å². The van der Waals surface area contributed by atoms with Crippen molar-refractivity contribution in [2.75, 3.05) is 14.2 Å². The number of rotatable bonds is 6. The van der Waals surface area contributed by atoms with Gasteiger partial charge in [0.15, 0.2) is 11.5 Å². The molecule has 2 aromatic heterocycles. The fourth-order valence-corrected chi connectivity index (χ4v) is 2.99. The standard InChI is InChI=1S/C17H17N3O3S/c1-22-14-6-5-11(8-15(14)23-2)16-13(10-19-20-16)17(21)18-9-12-4-3-7-24-12/h3-8,10H,9H2,1-2H3,(H,18,21)(H,19,20). The monoisotopic (exact) mass is 343 g/mol. The summed E-state index contributed by atoms with van der Waals surface area (Å²) in [5, 5.41) is 11.8. The Kier molecular flexibility index (Phi) is 4.81. The fraction of sp³-hybridized carbons (Fsp3) is 0.176. The van der Waals surface area contributed by atoms with Crippen molar-refractivity contribution in [2.45, 2.75) is 6.54 Å². The highest BCUT2D eigenvalue weighted by atomic mass is 32.1. The van der Waals surface area contributed by atoms with Gasteiger partial charge in [0, 0.05) is 10.4 Å². The van der Waals surface area contributed by atoms with Gasteiger partial charge in [0.05, 0.1) is 38.2 Å². The molecule has 0 atom stereocenters. The van der Waals surface area contributed by atoms with Crippen LogP contribution in [0.1, 0.15) is 15.2 Å². The summed E-state index contributed by atoms with van der Waals surface area (Å²) in [4.78, 5) is 13.5. The predicted octanol–water partition coefficient (Wildman–Crippen LogP) is 3.09. The minimum Gasteiger partial charge on any atom is -0.493 e. The molecule has 2 heterocycles. The smallest absolute Gasteiger partial charge is 0.255 e. The van der Waals surface area contributed by atoms with Gasteiger partial charge in [-0.3, -0.25) is 9.89 Å². The molecule has 0 aliphatic heterocycles. The van der Waals surface area contributed by atoms with Crippen molar-refractivity contribution < 1.29 is 14.3 Å². The molecule has 0 aliphatic rings. The minimum absolute atomic E-state index is 0.179. The molecule has 24 heavy (non-hydrogen) atoms. The maximum Gasteiger partial charge on any atom is 0.255 e. The number of H-pyrrole nitrogens is 1. The van der Waals surface area contributed by atoms with E-state index in [-0.39, 0.29) is 5.91 Å². The van der Waals surface area contributed by atoms with E-state index in [4.69, 9.17) is 9.47 Å². The van der Waals surface area contributed by atoms with Crippen LogP contribution in [0.2, 0.25) is 0 Å². The number of aromatic amines is 1. The van der Waals surface area contributed by atoms with Crippen molar-refractivity contribution in [3.05, 3.63) is 52.3 Å². The largest absolute Gasteiger partial charge is 0.493 e. The first-order valence-corrected chi connectivity index (χ1v) is 8.17. The molecule has 0 radical (unpaired) electrons. The van der Waals surface area contributed by atoms with Gasteiger partial charge in [0.25, 0.3) is 5.91 Å². The highest BCUT2D eigenvalue weighted by molar-refractivity contribution is 7.09. The molecular formula is C17H17N3O3S. The van der Waals surface area contributed by atoms with Gasteiger partial charge < -0.3 is 14.8 Å². The van der Waals surface area contributed by atoms with E-state index in [0.717, 1.165) is 10.4 Å². The average Bonchev–Trinajstić information content (AvgIpc) is 3.30. The molecule has 3 rings (SSSR count). The Morgan fingerprint density at radius 2 is 2.08 bits per heavy atom. The van der Waals surface area contributed by atoms with Crippen LogP contribution in [-0.4, -0.2) is 30.3 Å². The zero-order valence-corrected chi connectivity index (χ0v) is 14.1. The fourth-order valence-electron chi connectivity index (χ4n) is 2.35. The molecule has 6 nitrogen and oxygen atoms in total. The molecule has 0 saturated heterocycles. The quantitative estimate of drug-likeness (QED) is 0.721. The first-order chi connectivity index (χ1) is 11.7. The summed E-state index contributed by atoms with van der Waals surface area (Å²) in [5.41, 5.74) is 1.92. The first kappa shape index (κ1) is 16.1. The molecule has 0 aliphatic carbocycles. The lowest BCUT2D eigenvalue weighted by atomic mass is 10.1. The average molecular weight is 343 g/mol. The summed E-state index contributed by atoms with van der Waals surface area (Å²) in [5.74, 6) is 1.04. The number of carbonyl (C=O) groups excluding carboxylic acids is 1. The van der Waals surface area contributed by atoms with E-state index in [0.29, 0.717) is 29.3 Å². The van der Waals surface area contributed by atoms with Crippen LogP contribution < -0.4 is 14.8 Å². The van der Waals surface area contributed by atoms with Gasteiger partial charge in [0.1, 0.15) is 0 Å². The Bertz CT molecular complexity index is 827. The van der Waals surface area contributed by atoms with E-state index in [1.807, 2.05) is 29.6 Å². The van der Waals surface area contributed by atoms with Crippen LogP contribution in [0, 0.1) is 0 Å². The van der Waals surface area contributed by atoms with E-state index in [9.17, 15) is 4.79 Å². The van der Waals surface area contributed by atoms with Crippen molar-refractivity contribution >= 4 is 17.2 Å². The molecule has 1 amide bonds. The SMILES string of the molecule is COc1ccc(-c2[nH]ncc2C(=O)NCc2cccs2)cc1OC. The summed E-state index contributed by atoms with van der Waals surface area (Å²) in [6.07, 6.45) is 1.52. The summed E-state index contributed by atoms with van der Waals surface area (Å²) in [6.45, 7) is 0.493. The summed E-state index contributed by atoms with van der Waals surface area (Å²) in [7, 11) is 3.15. The Morgan fingerprint density at radius 1 is 1.25 bits per heavy atom. The maximum atomic E-state index is 12.5. The van der Waals surface area contributed by atoms with Crippen LogP contribution in [0.15, 0.2) is 41.9 Å². The van der Waals surface area contributed by atoms with Gasteiger partial charge in [-0.25, -0.2) is 0 Å². The maximum absolute atomic E-state index is 12.5. The van der Waals surface area contributed by atoms with Crippen molar-refractivity contribution in [2.24, 2.45) is 0 Å². The minimum atomic E-state index is -0.179. The predicted molar refractivity (Wildman–Crippen MR) is 92.6 cm³/mol. The molecule has 3 aromatic rings. The number of methoxy groups -OCH3 is 2. The number of hydrogen-bond donors (Lipinski definition) is 2. The van der Waals surface area contributed by atoms with Crippen LogP contribution in [0.3, 0.4) is 0 Å². The topological polar surface area (TPSA) is 76.2 Å². The molecule has 1 aromatic carbocycles. The summed E-state index contributed by atoms with van der Waals surface area (Å²) >= 11 is 1.60. The molecule has 0 fully saturated rings. The van der Waals surface area contributed by atoms with Gasteiger partial charge >= 0.3 is 0 Å². The molecule has 0 unspecified atom stereocenters. The first-order valence-electron chi connectivity index (χ1n) is 7.29. The lowest BCUT2D eigenvalue weighted by Crippen LogP contribution is -2.22. The molecular weight excluding hydrogens is 326 g/mol. The van der Waals surface area contributed by atoms with Crippen molar-refractivity contribution in [1.82, 2.24) is 15.5 Å². The van der Waals surface area contributed by atoms with E-state index >= 15 is 0 Å². The number of ether oxygens (including phenoxy) is 2. The summed E-state index contributed by atoms with van der Waals surface area (Å²) < 4.78 is 10.6. The lowest BCUT2D eigenvalue weighted by Gasteiger charge is -2.10. The Labute approximate surface area is 143 Å². The van der Waals surface area contributed by atoms with Gasteiger partial charge in [-0.05, 0) is 29.6 Å². The van der Waals surface area contributed by atoms with Crippen LogP contribution >= 0.6 is 11.3 Å². The van der Waals surface area contributed by atoms with Gasteiger partial charge in [-0.2, -0.15) is 5.10 Å².